The summed E-state index contributed by atoms with van der Waals surface area (Å²) in [5.41, 5.74) is 4.85. The van der Waals surface area contributed by atoms with Gasteiger partial charge in [-0.2, -0.15) is 0 Å². The largest absolute Gasteiger partial charge is 0.493 e. The van der Waals surface area contributed by atoms with E-state index in [4.69, 9.17) is 14.5 Å². The molecule has 0 saturated carbocycles. The second kappa shape index (κ2) is 9.93. The molecule has 0 amide bonds. The number of rotatable bonds is 9. The Kier molecular flexibility index (Phi) is 7.33. The maximum atomic E-state index is 6.25. The molecular formula is C23H28BrNO2. The predicted octanol–water partition coefficient (Wildman–Crippen LogP) is 6.35. The van der Waals surface area contributed by atoms with Crippen molar-refractivity contribution in [3.63, 3.8) is 0 Å². The number of hydrogen-bond donors (Lipinski definition) is 0. The Morgan fingerprint density at radius 2 is 1.85 bits per heavy atom. The molecule has 0 spiro atoms. The molecule has 1 heterocycles. The van der Waals surface area contributed by atoms with Crippen molar-refractivity contribution >= 4 is 21.6 Å². The summed E-state index contributed by atoms with van der Waals surface area (Å²) in [7, 11) is 1.71. The van der Waals surface area contributed by atoms with Crippen LogP contribution in [0.4, 0.5) is 0 Å². The lowest BCUT2D eigenvalue weighted by atomic mass is 9.93. The number of unbranched alkanes of at least 4 members (excludes halogenated alkanes) is 3. The van der Waals surface area contributed by atoms with E-state index in [1.807, 2.05) is 18.2 Å². The molecule has 3 nitrogen and oxygen atoms in total. The van der Waals surface area contributed by atoms with Gasteiger partial charge in [0.2, 0.25) is 0 Å². The highest BCUT2D eigenvalue weighted by molar-refractivity contribution is 9.10. The van der Waals surface area contributed by atoms with Crippen LogP contribution in [-0.2, 0) is 13.0 Å². The van der Waals surface area contributed by atoms with Crippen LogP contribution in [0.1, 0.15) is 55.7 Å². The monoisotopic (exact) mass is 429 g/mol. The van der Waals surface area contributed by atoms with Gasteiger partial charge in [-0.05, 0) is 49.1 Å². The van der Waals surface area contributed by atoms with Gasteiger partial charge in [-0.3, -0.25) is 4.99 Å². The van der Waals surface area contributed by atoms with Crippen LogP contribution >= 0.6 is 15.9 Å². The Morgan fingerprint density at radius 3 is 2.59 bits per heavy atom. The minimum atomic E-state index is 0.531. The third-order valence-corrected chi connectivity index (χ3v) is 5.51. The number of methoxy groups -OCH3 is 1. The van der Waals surface area contributed by atoms with Crippen molar-refractivity contribution in [1.29, 1.82) is 0 Å². The second-order valence-corrected chi connectivity index (χ2v) is 7.84. The highest BCUT2D eigenvalue weighted by Crippen LogP contribution is 2.37. The van der Waals surface area contributed by atoms with E-state index in [0.29, 0.717) is 6.61 Å². The van der Waals surface area contributed by atoms with E-state index in [-0.39, 0.29) is 0 Å². The summed E-state index contributed by atoms with van der Waals surface area (Å²) < 4.78 is 12.9. The van der Waals surface area contributed by atoms with Crippen molar-refractivity contribution in [2.24, 2.45) is 4.99 Å². The molecule has 0 aliphatic carbocycles. The van der Waals surface area contributed by atoms with Crippen molar-refractivity contribution in [1.82, 2.24) is 0 Å². The molecule has 1 aliphatic rings. The summed E-state index contributed by atoms with van der Waals surface area (Å²) in [4.78, 5) is 4.81. The van der Waals surface area contributed by atoms with Gasteiger partial charge < -0.3 is 9.47 Å². The van der Waals surface area contributed by atoms with E-state index < -0.39 is 0 Å². The van der Waals surface area contributed by atoms with Gasteiger partial charge in [0.15, 0.2) is 11.5 Å². The predicted molar refractivity (Wildman–Crippen MR) is 115 cm³/mol. The summed E-state index contributed by atoms with van der Waals surface area (Å²) in [6, 6.07) is 12.4. The molecule has 0 saturated heterocycles. The first-order valence-corrected chi connectivity index (χ1v) is 10.6. The van der Waals surface area contributed by atoms with E-state index in [1.165, 1.54) is 42.5 Å². The number of fused-ring (bicyclic) bond motifs is 1. The third-order valence-electron chi connectivity index (χ3n) is 4.98. The molecule has 144 valence electrons. The molecule has 3 rings (SSSR count). The van der Waals surface area contributed by atoms with E-state index in [0.717, 1.165) is 40.9 Å². The molecule has 0 atom stereocenters. The van der Waals surface area contributed by atoms with E-state index >= 15 is 0 Å². The van der Waals surface area contributed by atoms with Crippen LogP contribution in [0, 0.1) is 0 Å². The normalized spacial score (nSPS) is 13.1. The van der Waals surface area contributed by atoms with Gasteiger partial charge in [-0.15, -0.1) is 0 Å². The summed E-state index contributed by atoms with van der Waals surface area (Å²) >= 11 is 3.48. The Morgan fingerprint density at radius 1 is 1.04 bits per heavy atom. The van der Waals surface area contributed by atoms with Crippen LogP contribution in [0.3, 0.4) is 0 Å². The maximum Gasteiger partial charge on any atom is 0.165 e. The fourth-order valence-electron chi connectivity index (χ4n) is 3.50. The number of hydrogen-bond acceptors (Lipinski definition) is 3. The SMILES string of the molecule is CCCCCCC1=NCCc2c1ccc(OC)c2OCc1ccc(Br)cc1. The van der Waals surface area contributed by atoms with Crippen LogP contribution < -0.4 is 9.47 Å². The van der Waals surface area contributed by atoms with Crippen molar-refractivity contribution in [3.8, 4) is 11.5 Å². The van der Waals surface area contributed by atoms with Gasteiger partial charge in [0.25, 0.3) is 0 Å². The Hall–Kier alpha value is -1.81. The smallest absolute Gasteiger partial charge is 0.165 e. The zero-order valence-corrected chi connectivity index (χ0v) is 17.8. The fraction of sp³-hybridized carbons (Fsp3) is 0.435. The number of benzene rings is 2. The van der Waals surface area contributed by atoms with Crippen molar-refractivity contribution in [2.45, 2.75) is 52.1 Å². The zero-order chi connectivity index (χ0) is 19.1. The van der Waals surface area contributed by atoms with Gasteiger partial charge in [-0.1, -0.05) is 54.2 Å². The van der Waals surface area contributed by atoms with E-state index in [1.54, 1.807) is 7.11 Å². The van der Waals surface area contributed by atoms with Crippen LogP contribution in [0.15, 0.2) is 45.9 Å². The van der Waals surface area contributed by atoms with Crippen molar-refractivity contribution in [3.05, 3.63) is 57.6 Å². The van der Waals surface area contributed by atoms with Gasteiger partial charge in [-0.25, -0.2) is 0 Å². The molecule has 2 aromatic carbocycles. The zero-order valence-electron chi connectivity index (χ0n) is 16.3. The summed E-state index contributed by atoms with van der Waals surface area (Å²) in [6.45, 7) is 3.61. The first-order valence-electron chi connectivity index (χ1n) is 9.83. The molecule has 0 N–H and O–H groups in total. The number of ether oxygens (including phenoxy) is 2. The highest BCUT2D eigenvalue weighted by Gasteiger charge is 2.21. The second-order valence-electron chi connectivity index (χ2n) is 6.93. The highest BCUT2D eigenvalue weighted by atomic mass is 79.9. The van der Waals surface area contributed by atoms with Crippen LogP contribution in [0.25, 0.3) is 0 Å². The Labute approximate surface area is 170 Å². The number of halogens is 1. The molecule has 1 aliphatic heterocycles. The molecule has 0 aromatic heterocycles. The van der Waals surface area contributed by atoms with E-state index in [2.05, 4.69) is 41.1 Å². The van der Waals surface area contributed by atoms with E-state index in [9.17, 15) is 0 Å². The maximum absolute atomic E-state index is 6.25. The molecule has 4 heteroatoms. The minimum Gasteiger partial charge on any atom is -0.493 e. The molecule has 0 fully saturated rings. The topological polar surface area (TPSA) is 30.8 Å². The summed E-state index contributed by atoms with van der Waals surface area (Å²) in [5, 5.41) is 0. The van der Waals surface area contributed by atoms with Gasteiger partial charge in [0.05, 0.1) is 7.11 Å². The fourth-order valence-corrected chi connectivity index (χ4v) is 3.77. The lowest BCUT2D eigenvalue weighted by molar-refractivity contribution is 0.281. The third kappa shape index (κ3) is 5.13. The van der Waals surface area contributed by atoms with Crippen molar-refractivity contribution < 1.29 is 9.47 Å². The molecule has 27 heavy (non-hydrogen) atoms. The van der Waals surface area contributed by atoms with Gasteiger partial charge in [0, 0.05) is 27.9 Å². The molecule has 2 aromatic rings. The molecule has 0 radical (unpaired) electrons. The first-order chi connectivity index (χ1) is 13.2. The van der Waals surface area contributed by atoms with Crippen LogP contribution in [-0.4, -0.2) is 19.4 Å². The first kappa shape index (κ1) is 19.9. The van der Waals surface area contributed by atoms with Gasteiger partial charge >= 0.3 is 0 Å². The molecular weight excluding hydrogens is 402 g/mol. The van der Waals surface area contributed by atoms with Crippen LogP contribution in [0.2, 0.25) is 0 Å². The average molecular weight is 430 g/mol. The lowest BCUT2D eigenvalue weighted by Gasteiger charge is -2.22. The Bertz CT molecular complexity index is 784. The molecule has 0 unspecified atom stereocenters. The Balaban J connectivity index is 1.79. The quantitative estimate of drug-likeness (QED) is 0.434. The minimum absolute atomic E-state index is 0.531. The van der Waals surface area contributed by atoms with Gasteiger partial charge in [0.1, 0.15) is 6.61 Å². The summed E-state index contributed by atoms with van der Waals surface area (Å²) in [5.74, 6) is 1.68. The summed E-state index contributed by atoms with van der Waals surface area (Å²) in [6.07, 6.45) is 6.98. The number of nitrogens with zero attached hydrogens (tertiary/aromatic N) is 1. The number of aliphatic imine (C=N–C) groups is 1. The van der Waals surface area contributed by atoms with Crippen molar-refractivity contribution in [2.75, 3.05) is 13.7 Å². The average Bonchev–Trinajstić information content (AvgIpc) is 2.70. The lowest BCUT2D eigenvalue weighted by Crippen LogP contribution is -2.15. The standard InChI is InChI=1S/C23H28BrNO2/c1-3-4-5-6-7-21-19-12-13-22(26-2)23(20(19)14-15-25-21)27-16-17-8-10-18(24)11-9-17/h8-13H,3-7,14-16H2,1-2H3. The van der Waals surface area contributed by atoms with Crippen LogP contribution in [0.5, 0.6) is 11.5 Å². The molecule has 0 bridgehead atoms.